The van der Waals surface area contributed by atoms with E-state index in [4.69, 9.17) is 5.73 Å². The van der Waals surface area contributed by atoms with E-state index >= 15 is 0 Å². The van der Waals surface area contributed by atoms with Crippen LogP contribution in [-0.2, 0) is 17.7 Å². The molecule has 6 nitrogen and oxygen atoms in total. The van der Waals surface area contributed by atoms with E-state index in [0.717, 1.165) is 24.2 Å². The van der Waals surface area contributed by atoms with Gasteiger partial charge in [-0.1, -0.05) is 12.1 Å². The molecule has 1 aliphatic rings. The van der Waals surface area contributed by atoms with Gasteiger partial charge in [-0.15, -0.1) is 0 Å². The molecule has 0 saturated carbocycles. The lowest BCUT2D eigenvalue weighted by Crippen LogP contribution is -2.32. The minimum Gasteiger partial charge on any atom is -0.463 e. The molecule has 0 amide bonds. The number of nitrogens with zero attached hydrogens (tertiary/aromatic N) is 3. The van der Waals surface area contributed by atoms with Crippen molar-refractivity contribution in [2.24, 2.45) is 0 Å². The van der Waals surface area contributed by atoms with Crippen LogP contribution in [-0.4, -0.2) is 29.6 Å². The highest BCUT2D eigenvalue weighted by atomic mass is 16.5. The van der Waals surface area contributed by atoms with Crippen LogP contribution in [0.2, 0.25) is 0 Å². The van der Waals surface area contributed by atoms with Crippen molar-refractivity contribution in [2.45, 2.75) is 13.0 Å². The van der Waals surface area contributed by atoms with Crippen LogP contribution >= 0.6 is 0 Å². The van der Waals surface area contributed by atoms with Crippen LogP contribution < -0.4 is 10.6 Å². The molecule has 2 N–H and O–H groups in total. The molecule has 0 fully saturated rings. The summed E-state index contributed by atoms with van der Waals surface area (Å²) in [5, 5.41) is 0. The van der Waals surface area contributed by atoms with Gasteiger partial charge in [0.05, 0.1) is 7.11 Å². The first-order chi connectivity index (χ1) is 10.2. The summed E-state index contributed by atoms with van der Waals surface area (Å²) in [5.74, 6) is 0.245. The minimum atomic E-state index is -0.534. The van der Waals surface area contributed by atoms with E-state index in [1.165, 1.54) is 12.7 Å². The molecule has 0 unspecified atom stereocenters. The van der Waals surface area contributed by atoms with Gasteiger partial charge in [0.2, 0.25) is 5.82 Å². The van der Waals surface area contributed by atoms with Gasteiger partial charge in [-0.25, -0.2) is 14.8 Å². The number of carbonyl (C=O) groups excluding carboxylic acids is 1. The highest BCUT2D eigenvalue weighted by Gasteiger charge is 2.20. The third-order valence-electron chi connectivity index (χ3n) is 3.64. The Labute approximate surface area is 122 Å². The lowest BCUT2D eigenvalue weighted by molar-refractivity contribution is 0.0587. The monoisotopic (exact) mass is 284 g/mol. The molecular formula is C15H16N4O2. The number of anilines is 2. The van der Waals surface area contributed by atoms with Gasteiger partial charge in [-0.2, -0.15) is 0 Å². The van der Waals surface area contributed by atoms with Crippen LogP contribution in [0.15, 0.2) is 30.5 Å². The smallest absolute Gasteiger partial charge is 0.376 e. The molecule has 0 atom stereocenters. The van der Waals surface area contributed by atoms with Crippen molar-refractivity contribution in [2.75, 3.05) is 24.3 Å². The number of nitrogens with two attached hydrogens (primary N) is 1. The van der Waals surface area contributed by atoms with Gasteiger partial charge in [0.25, 0.3) is 0 Å². The average molecular weight is 284 g/mol. The van der Waals surface area contributed by atoms with Crippen LogP contribution in [0.3, 0.4) is 0 Å². The van der Waals surface area contributed by atoms with Crippen LogP contribution in [0, 0.1) is 0 Å². The summed E-state index contributed by atoms with van der Waals surface area (Å²) in [4.78, 5) is 21.8. The van der Waals surface area contributed by atoms with Gasteiger partial charge in [-0.3, -0.25) is 0 Å². The lowest BCUT2D eigenvalue weighted by Gasteiger charge is -2.30. The van der Waals surface area contributed by atoms with E-state index < -0.39 is 5.97 Å². The first kappa shape index (κ1) is 13.4. The summed E-state index contributed by atoms with van der Waals surface area (Å²) >= 11 is 0. The zero-order valence-corrected chi connectivity index (χ0v) is 11.7. The second-order valence-electron chi connectivity index (χ2n) is 4.89. The van der Waals surface area contributed by atoms with E-state index in [9.17, 15) is 4.79 Å². The number of aromatic nitrogens is 2. The van der Waals surface area contributed by atoms with Crippen LogP contribution in [0.1, 0.15) is 21.7 Å². The van der Waals surface area contributed by atoms with Crippen molar-refractivity contribution in [3.63, 3.8) is 0 Å². The molecule has 0 spiro atoms. The molecule has 0 saturated heterocycles. The number of esters is 1. The quantitative estimate of drug-likeness (QED) is 0.663. The molecule has 3 rings (SSSR count). The lowest BCUT2D eigenvalue weighted by atomic mass is 9.98. The zero-order chi connectivity index (χ0) is 14.8. The molecule has 2 heterocycles. The third-order valence-corrected chi connectivity index (χ3v) is 3.64. The van der Waals surface area contributed by atoms with Gasteiger partial charge < -0.3 is 15.4 Å². The molecule has 0 aliphatic carbocycles. The van der Waals surface area contributed by atoms with Crippen molar-refractivity contribution in [1.82, 2.24) is 9.97 Å². The van der Waals surface area contributed by atoms with Crippen LogP contribution in [0.25, 0.3) is 0 Å². The number of ether oxygens (including phenoxy) is 1. The van der Waals surface area contributed by atoms with Crippen LogP contribution in [0.5, 0.6) is 0 Å². The summed E-state index contributed by atoms with van der Waals surface area (Å²) < 4.78 is 4.65. The van der Waals surface area contributed by atoms with Crippen molar-refractivity contribution in [3.8, 4) is 0 Å². The van der Waals surface area contributed by atoms with Gasteiger partial charge in [0.1, 0.15) is 5.82 Å². The van der Waals surface area contributed by atoms with E-state index in [-0.39, 0.29) is 5.82 Å². The van der Waals surface area contributed by atoms with Gasteiger partial charge in [0, 0.05) is 25.0 Å². The van der Waals surface area contributed by atoms with E-state index in [0.29, 0.717) is 12.4 Å². The zero-order valence-electron chi connectivity index (χ0n) is 11.7. The Morgan fingerprint density at radius 3 is 3.05 bits per heavy atom. The topological polar surface area (TPSA) is 81.3 Å². The summed E-state index contributed by atoms with van der Waals surface area (Å²) in [6.07, 6.45) is 2.47. The van der Waals surface area contributed by atoms with E-state index in [1.807, 2.05) is 12.1 Å². The first-order valence-electron chi connectivity index (χ1n) is 6.71. The van der Waals surface area contributed by atoms with Crippen molar-refractivity contribution in [1.29, 1.82) is 0 Å². The summed E-state index contributed by atoms with van der Waals surface area (Å²) in [6, 6.07) is 7.77. The standard InChI is InChI=1S/C15H16N4O2/c1-21-15(20)14-17-7-5-13(18-14)19-8-6-10-3-2-4-12(16)11(10)9-19/h2-5,7H,6,8-9,16H2,1H3. The maximum absolute atomic E-state index is 11.5. The SMILES string of the molecule is COC(=O)c1nccc(N2CCc3cccc(N)c3C2)n1. The second-order valence-corrected chi connectivity index (χ2v) is 4.89. The molecule has 1 aromatic carbocycles. The average Bonchev–Trinajstić information content (AvgIpc) is 2.54. The third kappa shape index (κ3) is 2.52. The Morgan fingerprint density at radius 1 is 1.38 bits per heavy atom. The maximum atomic E-state index is 11.5. The summed E-state index contributed by atoms with van der Waals surface area (Å²) in [6.45, 7) is 1.51. The number of hydrogen-bond donors (Lipinski definition) is 1. The number of carbonyl (C=O) groups is 1. The van der Waals surface area contributed by atoms with Gasteiger partial charge in [-0.05, 0) is 29.7 Å². The largest absolute Gasteiger partial charge is 0.463 e. The fourth-order valence-electron chi connectivity index (χ4n) is 2.52. The first-order valence-corrected chi connectivity index (χ1v) is 6.71. The highest BCUT2D eigenvalue weighted by Crippen LogP contribution is 2.26. The Kier molecular flexibility index (Phi) is 3.43. The Morgan fingerprint density at radius 2 is 2.24 bits per heavy atom. The maximum Gasteiger partial charge on any atom is 0.376 e. The summed E-state index contributed by atoms with van der Waals surface area (Å²) in [5.41, 5.74) is 9.24. The van der Waals surface area contributed by atoms with E-state index in [2.05, 4.69) is 25.7 Å². The molecule has 21 heavy (non-hydrogen) atoms. The fraction of sp³-hybridized carbons (Fsp3) is 0.267. The number of benzene rings is 1. The number of nitrogen functional groups attached to an aromatic ring is 1. The molecule has 6 heteroatoms. The Hall–Kier alpha value is -2.63. The number of fused-ring (bicyclic) bond motifs is 1. The van der Waals surface area contributed by atoms with E-state index in [1.54, 1.807) is 12.3 Å². The fourth-order valence-corrected chi connectivity index (χ4v) is 2.52. The molecule has 1 aliphatic heterocycles. The van der Waals surface area contributed by atoms with Gasteiger partial charge in [0.15, 0.2) is 0 Å². The Bertz CT molecular complexity index is 687. The molecule has 0 bridgehead atoms. The number of rotatable bonds is 2. The highest BCUT2D eigenvalue weighted by molar-refractivity contribution is 5.85. The predicted molar refractivity (Wildman–Crippen MR) is 79.0 cm³/mol. The van der Waals surface area contributed by atoms with Crippen molar-refractivity contribution in [3.05, 3.63) is 47.4 Å². The Balaban J connectivity index is 1.89. The molecule has 108 valence electrons. The predicted octanol–water partition coefficient (Wildman–Crippen LogP) is 1.41. The van der Waals surface area contributed by atoms with Crippen molar-refractivity contribution < 1.29 is 9.53 Å². The molecule has 0 radical (unpaired) electrons. The second kappa shape index (κ2) is 5.40. The molecule has 2 aromatic rings. The molecular weight excluding hydrogens is 268 g/mol. The number of methoxy groups -OCH3 is 1. The minimum absolute atomic E-state index is 0.0711. The number of hydrogen-bond acceptors (Lipinski definition) is 6. The van der Waals surface area contributed by atoms with Gasteiger partial charge >= 0.3 is 5.97 Å². The molecule has 1 aromatic heterocycles. The van der Waals surface area contributed by atoms with Crippen molar-refractivity contribution >= 4 is 17.5 Å². The normalized spacial score (nSPS) is 13.7. The summed E-state index contributed by atoms with van der Waals surface area (Å²) in [7, 11) is 1.32. The van der Waals surface area contributed by atoms with Crippen LogP contribution in [0.4, 0.5) is 11.5 Å².